The molecule has 6 heteroatoms. The fourth-order valence-electron chi connectivity index (χ4n) is 3.47. The van der Waals surface area contributed by atoms with Crippen molar-refractivity contribution in [3.05, 3.63) is 40.4 Å². The lowest BCUT2D eigenvalue weighted by Crippen LogP contribution is -2.48. The summed E-state index contributed by atoms with van der Waals surface area (Å²) < 4.78 is 7.33. The average molecular weight is 343 g/mol. The lowest BCUT2D eigenvalue weighted by Gasteiger charge is -2.35. The molecule has 1 fully saturated rings. The molecule has 1 aromatic heterocycles. The van der Waals surface area contributed by atoms with E-state index in [2.05, 4.69) is 4.98 Å². The second kappa shape index (κ2) is 7.35. The van der Waals surface area contributed by atoms with Crippen LogP contribution < -0.4 is 5.56 Å². The van der Waals surface area contributed by atoms with E-state index in [4.69, 9.17) is 4.74 Å². The molecule has 2 atom stereocenters. The molecule has 25 heavy (non-hydrogen) atoms. The van der Waals surface area contributed by atoms with E-state index in [0.717, 1.165) is 0 Å². The highest BCUT2D eigenvalue weighted by Crippen LogP contribution is 2.13. The smallest absolute Gasteiger partial charge is 0.261 e. The zero-order valence-corrected chi connectivity index (χ0v) is 15.1. The quantitative estimate of drug-likeness (QED) is 0.853. The number of aryl methyl sites for hydroxylation is 1. The Kier molecular flexibility index (Phi) is 5.18. The first kappa shape index (κ1) is 17.6. The van der Waals surface area contributed by atoms with Crippen LogP contribution in [0.15, 0.2) is 29.1 Å². The van der Waals surface area contributed by atoms with Crippen LogP contribution in [0, 0.1) is 6.92 Å². The van der Waals surface area contributed by atoms with Crippen LogP contribution in [0.5, 0.6) is 0 Å². The summed E-state index contributed by atoms with van der Waals surface area (Å²) in [4.78, 5) is 31.4. The summed E-state index contributed by atoms with van der Waals surface area (Å²) in [5, 5.41) is 0.621. The lowest BCUT2D eigenvalue weighted by molar-refractivity contribution is -0.143. The SMILES string of the molecule is Cc1nc2ccccc2c(=O)n1CCCC(=O)N1C[C@@H](C)O[C@H](C)C1. The fourth-order valence-corrected chi connectivity index (χ4v) is 3.47. The first-order valence-corrected chi connectivity index (χ1v) is 8.85. The predicted octanol–water partition coefficient (Wildman–Crippen LogP) is 2.12. The molecule has 1 aliphatic rings. The molecule has 1 saturated heterocycles. The van der Waals surface area contributed by atoms with Crippen LogP contribution in [0.3, 0.4) is 0 Å². The minimum atomic E-state index is -0.0378. The Morgan fingerprint density at radius 1 is 1.24 bits per heavy atom. The van der Waals surface area contributed by atoms with Gasteiger partial charge in [-0.25, -0.2) is 4.98 Å². The van der Waals surface area contributed by atoms with E-state index in [1.807, 2.05) is 43.9 Å². The third kappa shape index (κ3) is 3.90. The number of aromatic nitrogens is 2. The summed E-state index contributed by atoms with van der Waals surface area (Å²) in [5.74, 6) is 0.811. The van der Waals surface area contributed by atoms with Gasteiger partial charge < -0.3 is 9.64 Å². The molecular weight excluding hydrogens is 318 g/mol. The Hall–Kier alpha value is -2.21. The number of hydrogen-bond donors (Lipinski definition) is 0. The molecule has 0 aliphatic carbocycles. The van der Waals surface area contributed by atoms with Crippen LogP contribution in [0.25, 0.3) is 10.9 Å². The summed E-state index contributed by atoms with van der Waals surface area (Å²) in [6.45, 7) is 7.59. The number of carbonyl (C=O) groups excluding carboxylic acids is 1. The van der Waals surface area contributed by atoms with Gasteiger partial charge >= 0.3 is 0 Å². The second-order valence-electron chi connectivity index (χ2n) is 6.79. The van der Waals surface area contributed by atoms with Gasteiger partial charge in [0, 0.05) is 26.1 Å². The maximum atomic E-state index is 12.6. The van der Waals surface area contributed by atoms with Crippen molar-refractivity contribution in [3.63, 3.8) is 0 Å². The fraction of sp³-hybridized carbons (Fsp3) is 0.526. The second-order valence-corrected chi connectivity index (χ2v) is 6.79. The van der Waals surface area contributed by atoms with Gasteiger partial charge in [0.05, 0.1) is 23.1 Å². The van der Waals surface area contributed by atoms with Crippen molar-refractivity contribution in [2.45, 2.75) is 52.4 Å². The third-order valence-electron chi connectivity index (χ3n) is 4.60. The number of fused-ring (bicyclic) bond motifs is 1. The Bertz CT molecular complexity index is 820. The predicted molar refractivity (Wildman–Crippen MR) is 96.6 cm³/mol. The summed E-state index contributed by atoms with van der Waals surface area (Å²) >= 11 is 0. The van der Waals surface area contributed by atoms with Crippen LogP contribution in [0.2, 0.25) is 0 Å². The Balaban J connectivity index is 1.65. The van der Waals surface area contributed by atoms with E-state index in [1.165, 1.54) is 0 Å². The van der Waals surface area contributed by atoms with Gasteiger partial charge in [0.25, 0.3) is 5.56 Å². The van der Waals surface area contributed by atoms with Crippen molar-refractivity contribution < 1.29 is 9.53 Å². The number of benzene rings is 1. The molecule has 2 aromatic rings. The van der Waals surface area contributed by atoms with Gasteiger partial charge in [-0.15, -0.1) is 0 Å². The van der Waals surface area contributed by atoms with E-state index >= 15 is 0 Å². The van der Waals surface area contributed by atoms with E-state index in [-0.39, 0.29) is 23.7 Å². The number of rotatable bonds is 4. The summed E-state index contributed by atoms with van der Waals surface area (Å²) in [7, 11) is 0. The molecule has 0 saturated carbocycles. The summed E-state index contributed by atoms with van der Waals surface area (Å²) in [6.07, 6.45) is 1.20. The van der Waals surface area contributed by atoms with Gasteiger partial charge in [-0.3, -0.25) is 14.2 Å². The molecule has 1 amide bonds. The summed E-state index contributed by atoms with van der Waals surface area (Å²) in [6, 6.07) is 7.36. The van der Waals surface area contributed by atoms with E-state index < -0.39 is 0 Å². The van der Waals surface area contributed by atoms with Gasteiger partial charge in [0.1, 0.15) is 5.82 Å². The van der Waals surface area contributed by atoms with Crippen LogP contribution in [-0.2, 0) is 16.1 Å². The van der Waals surface area contributed by atoms with Crippen LogP contribution in [-0.4, -0.2) is 45.7 Å². The molecule has 0 radical (unpaired) electrons. The van der Waals surface area contributed by atoms with Crippen LogP contribution in [0.1, 0.15) is 32.5 Å². The number of para-hydroxylation sites is 1. The molecule has 1 aromatic carbocycles. The zero-order valence-electron chi connectivity index (χ0n) is 15.1. The Labute approximate surface area is 147 Å². The summed E-state index contributed by atoms with van der Waals surface area (Å²) in [5.41, 5.74) is 0.679. The Morgan fingerprint density at radius 3 is 2.64 bits per heavy atom. The number of ether oxygens (including phenoxy) is 1. The molecular formula is C19H25N3O3. The standard InChI is InChI=1S/C19H25N3O3/c1-13-11-21(12-14(2)25-13)18(23)9-6-10-22-15(3)20-17-8-5-4-7-16(17)19(22)24/h4-5,7-8,13-14H,6,9-12H2,1-3H3/t13-,14-/m1/s1. The molecule has 0 spiro atoms. The highest BCUT2D eigenvalue weighted by Gasteiger charge is 2.25. The van der Waals surface area contributed by atoms with Crippen LogP contribution in [0.4, 0.5) is 0 Å². The molecule has 3 rings (SSSR count). The van der Waals surface area contributed by atoms with Crippen molar-refractivity contribution in [1.29, 1.82) is 0 Å². The minimum Gasteiger partial charge on any atom is -0.372 e. The maximum Gasteiger partial charge on any atom is 0.261 e. The average Bonchev–Trinajstić information content (AvgIpc) is 2.56. The molecule has 0 bridgehead atoms. The maximum absolute atomic E-state index is 12.6. The number of carbonyl (C=O) groups is 1. The highest BCUT2D eigenvalue weighted by atomic mass is 16.5. The van der Waals surface area contributed by atoms with Crippen molar-refractivity contribution >= 4 is 16.8 Å². The number of morpholine rings is 1. The van der Waals surface area contributed by atoms with E-state index in [1.54, 1.807) is 10.6 Å². The van der Waals surface area contributed by atoms with Crippen molar-refractivity contribution in [1.82, 2.24) is 14.5 Å². The molecule has 134 valence electrons. The number of hydrogen-bond acceptors (Lipinski definition) is 4. The molecule has 0 N–H and O–H groups in total. The van der Waals surface area contributed by atoms with Gasteiger partial charge in [0.15, 0.2) is 0 Å². The van der Waals surface area contributed by atoms with Crippen molar-refractivity contribution in [2.24, 2.45) is 0 Å². The van der Waals surface area contributed by atoms with E-state index in [0.29, 0.717) is 49.2 Å². The first-order chi connectivity index (χ1) is 12.0. The number of amides is 1. The lowest BCUT2D eigenvalue weighted by atomic mass is 10.2. The van der Waals surface area contributed by atoms with Gasteiger partial charge in [-0.05, 0) is 39.3 Å². The largest absolute Gasteiger partial charge is 0.372 e. The van der Waals surface area contributed by atoms with E-state index in [9.17, 15) is 9.59 Å². The number of nitrogens with zero attached hydrogens (tertiary/aromatic N) is 3. The van der Waals surface area contributed by atoms with Gasteiger partial charge in [-0.1, -0.05) is 12.1 Å². The van der Waals surface area contributed by atoms with Crippen molar-refractivity contribution in [3.8, 4) is 0 Å². The molecule has 0 unspecified atom stereocenters. The third-order valence-corrected chi connectivity index (χ3v) is 4.60. The van der Waals surface area contributed by atoms with Gasteiger partial charge in [0.2, 0.25) is 5.91 Å². The highest BCUT2D eigenvalue weighted by molar-refractivity contribution is 5.77. The van der Waals surface area contributed by atoms with Crippen molar-refractivity contribution in [2.75, 3.05) is 13.1 Å². The Morgan fingerprint density at radius 2 is 1.92 bits per heavy atom. The molecule has 2 heterocycles. The van der Waals surface area contributed by atoms with Crippen LogP contribution >= 0.6 is 0 Å². The molecule has 6 nitrogen and oxygen atoms in total. The van der Waals surface area contributed by atoms with Gasteiger partial charge in [-0.2, -0.15) is 0 Å². The normalized spacial score (nSPS) is 20.8. The topological polar surface area (TPSA) is 64.4 Å². The first-order valence-electron chi connectivity index (χ1n) is 8.85. The molecule has 1 aliphatic heterocycles. The zero-order chi connectivity index (χ0) is 18.0. The minimum absolute atomic E-state index is 0.0378. The monoisotopic (exact) mass is 343 g/mol.